The Hall–Kier alpha value is -2.87. The molecule has 0 spiro atoms. The zero-order valence-corrected chi connectivity index (χ0v) is 14.7. The number of aromatic nitrogens is 3. The molecule has 0 aliphatic rings. The molecule has 0 atom stereocenters. The average molecular weight is 334 g/mol. The van der Waals surface area contributed by atoms with E-state index < -0.39 is 0 Å². The van der Waals surface area contributed by atoms with Crippen molar-refractivity contribution in [2.75, 3.05) is 18.4 Å². The summed E-state index contributed by atoms with van der Waals surface area (Å²) in [7, 11) is 0. The first-order chi connectivity index (χ1) is 12.3. The number of unbranched alkanes of at least 4 members (excludes halogenated alkanes) is 3. The van der Waals surface area contributed by atoms with Crippen LogP contribution in [0.1, 0.15) is 31.2 Å². The van der Waals surface area contributed by atoms with Crippen LogP contribution in [0.4, 0.5) is 5.82 Å². The molecule has 3 aromatic heterocycles. The van der Waals surface area contributed by atoms with Gasteiger partial charge in [-0.2, -0.15) is 0 Å². The zero-order chi connectivity index (χ0) is 17.5. The number of anilines is 1. The van der Waals surface area contributed by atoms with Gasteiger partial charge >= 0.3 is 0 Å². The minimum absolute atomic E-state index is 0.755. The molecule has 5 heteroatoms. The zero-order valence-electron chi connectivity index (χ0n) is 14.7. The molecular formula is C20H24N5+. The van der Waals surface area contributed by atoms with Crippen molar-refractivity contribution in [3.63, 3.8) is 0 Å². The van der Waals surface area contributed by atoms with Crippen LogP contribution in [0.15, 0.2) is 42.9 Å². The third-order valence-electron chi connectivity index (χ3n) is 4.22. The Balaban J connectivity index is 1.77. The number of fused-ring (bicyclic) bond motifs is 1. The standard InChI is InChI=1S/C20H24N5/c1-16-9-13-25-18(14-16)24-19(17-8-7-11-22-15-17)20(25)23-12-6-4-3-5-10-21-2/h2,7-9,11,13-15,23H,3-6,10,12H2,1H3/q+1. The van der Waals surface area contributed by atoms with Crippen LogP contribution in [0.25, 0.3) is 21.7 Å². The number of imidazole rings is 1. The molecule has 3 heterocycles. The smallest absolute Gasteiger partial charge is 0.263 e. The molecule has 0 unspecified atom stereocenters. The molecule has 0 aromatic carbocycles. The molecular weight excluding hydrogens is 310 g/mol. The Morgan fingerprint density at radius 3 is 2.88 bits per heavy atom. The molecule has 1 N–H and O–H groups in total. The molecule has 0 aliphatic heterocycles. The highest BCUT2D eigenvalue weighted by molar-refractivity contribution is 5.76. The van der Waals surface area contributed by atoms with Crippen molar-refractivity contribution < 1.29 is 0 Å². The highest BCUT2D eigenvalue weighted by Gasteiger charge is 2.13. The van der Waals surface area contributed by atoms with Crippen molar-refractivity contribution in [3.05, 3.63) is 53.3 Å². The average Bonchev–Trinajstić information content (AvgIpc) is 2.99. The van der Waals surface area contributed by atoms with Crippen LogP contribution in [0, 0.1) is 13.5 Å². The molecule has 3 rings (SSSR count). The third-order valence-corrected chi connectivity index (χ3v) is 4.22. The van der Waals surface area contributed by atoms with Gasteiger partial charge in [0.1, 0.15) is 17.2 Å². The quantitative estimate of drug-likeness (QED) is 0.610. The molecule has 128 valence electrons. The molecule has 0 amide bonds. The van der Waals surface area contributed by atoms with Crippen LogP contribution >= 0.6 is 0 Å². The number of aryl methyl sites for hydroxylation is 1. The molecule has 0 saturated heterocycles. The Kier molecular flexibility index (Phi) is 5.63. The molecule has 0 aliphatic carbocycles. The minimum Gasteiger partial charge on any atom is -0.369 e. The fourth-order valence-electron chi connectivity index (χ4n) is 2.91. The second-order valence-electron chi connectivity index (χ2n) is 6.23. The molecule has 0 saturated carbocycles. The first-order valence-corrected chi connectivity index (χ1v) is 8.79. The third kappa shape index (κ3) is 4.16. The van der Waals surface area contributed by atoms with Gasteiger partial charge in [0.2, 0.25) is 0 Å². The van der Waals surface area contributed by atoms with Crippen molar-refractivity contribution in [3.8, 4) is 17.8 Å². The second-order valence-corrected chi connectivity index (χ2v) is 6.23. The van der Waals surface area contributed by atoms with Crippen molar-refractivity contribution in [2.24, 2.45) is 0 Å². The van der Waals surface area contributed by atoms with Crippen LogP contribution in [0.2, 0.25) is 0 Å². The second kappa shape index (κ2) is 8.29. The van der Waals surface area contributed by atoms with Crippen LogP contribution < -0.4 is 5.32 Å². The lowest BCUT2D eigenvalue weighted by molar-refractivity contribution is 0.677. The molecule has 25 heavy (non-hydrogen) atoms. The van der Waals surface area contributed by atoms with Crippen LogP contribution in [-0.2, 0) is 0 Å². The molecule has 0 radical (unpaired) electrons. The van der Waals surface area contributed by atoms with Gasteiger partial charge in [0.05, 0.1) is 0 Å². The van der Waals surface area contributed by atoms with Gasteiger partial charge in [0, 0.05) is 37.1 Å². The topological polar surface area (TPSA) is 46.6 Å². The van der Waals surface area contributed by atoms with E-state index in [1.807, 2.05) is 18.3 Å². The van der Waals surface area contributed by atoms with E-state index in [0.29, 0.717) is 0 Å². The molecule has 0 bridgehead atoms. The maximum absolute atomic E-state index is 5.17. The maximum Gasteiger partial charge on any atom is 0.263 e. The summed E-state index contributed by atoms with van der Waals surface area (Å²) in [4.78, 5) is 12.7. The van der Waals surface area contributed by atoms with Gasteiger partial charge in [0.15, 0.2) is 0 Å². The number of pyridine rings is 2. The van der Waals surface area contributed by atoms with Gasteiger partial charge in [-0.15, -0.1) is 0 Å². The van der Waals surface area contributed by atoms with Gasteiger partial charge in [0.25, 0.3) is 13.1 Å². The van der Waals surface area contributed by atoms with Gasteiger partial charge in [-0.25, -0.2) is 4.98 Å². The summed E-state index contributed by atoms with van der Waals surface area (Å²) >= 11 is 0. The van der Waals surface area contributed by atoms with E-state index in [1.54, 1.807) is 6.20 Å². The molecule has 5 nitrogen and oxygen atoms in total. The summed E-state index contributed by atoms with van der Waals surface area (Å²) < 4.78 is 2.11. The van der Waals surface area contributed by atoms with E-state index in [0.717, 1.165) is 55.1 Å². The summed E-state index contributed by atoms with van der Waals surface area (Å²) in [5.41, 5.74) is 4.12. The van der Waals surface area contributed by atoms with Gasteiger partial charge < -0.3 is 5.32 Å². The number of rotatable bonds is 8. The highest BCUT2D eigenvalue weighted by Crippen LogP contribution is 2.28. The maximum atomic E-state index is 5.17. The lowest BCUT2D eigenvalue weighted by atomic mass is 10.2. The predicted molar refractivity (Wildman–Crippen MR) is 103 cm³/mol. The van der Waals surface area contributed by atoms with Crippen molar-refractivity contribution >= 4 is 11.5 Å². The highest BCUT2D eigenvalue weighted by atomic mass is 15.1. The van der Waals surface area contributed by atoms with Crippen molar-refractivity contribution in [2.45, 2.75) is 32.6 Å². The molecule has 3 aromatic rings. The van der Waals surface area contributed by atoms with Gasteiger partial charge in [-0.3, -0.25) is 9.38 Å². The fourth-order valence-corrected chi connectivity index (χ4v) is 2.91. The van der Waals surface area contributed by atoms with Gasteiger partial charge in [-0.05, 0) is 49.6 Å². The Morgan fingerprint density at radius 1 is 1.20 bits per heavy atom. The van der Waals surface area contributed by atoms with E-state index in [2.05, 4.69) is 44.8 Å². The Bertz CT molecular complexity index is 861. The number of hydrogen-bond acceptors (Lipinski definition) is 3. The summed E-state index contributed by atoms with van der Waals surface area (Å²) in [6, 6.07) is 8.19. The number of nitrogens with zero attached hydrogens (tertiary/aromatic N) is 4. The van der Waals surface area contributed by atoms with E-state index in [9.17, 15) is 0 Å². The normalized spacial score (nSPS) is 10.7. The largest absolute Gasteiger partial charge is 0.369 e. The lowest BCUT2D eigenvalue weighted by Gasteiger charge is -2.08. The summed E-state index contributed by atoms with van der Waals surface area (Å²) in [5.74, 6) is 1.03. The predicted octanol–water partition coefficient (Wildman–Crippen LogP) is 4.64. The van der Waals surface area contributed by atoms with Crippen LogP contribution in [0.3, 0.4) is 0 Å². The Labute approximate surface area is 148 Å². The Morgan fingerprint density at radius 2 is 2.08 bits per heavy atom. The summed E-state index contributed by atoms with van der Waals surface area (Å²) in [6.07, 6.45) is 10.2. The summed E-state index contributed by atoms with van der Waals surface area (Å²) in [6.45, 7) is 8.92. The molecule has 0 fully saturated rings. The first kappa shape index (κ1) is 17.0. The van der Waals surface area contributed by atoms with Gasteiger partial charge in [-0.1, -0.05) is 11.3 Å². The van der Waals surface area contributed by atoms with E-state index in [-0.39, 0.29) is 0 Å². The lowest BCUT2D eigenvalue weighted by Crippen LogP contribution is -2.05. The monoisotopic (exact) mass is 334 g/mol. The van der Waals surface area contributed by atoms with E-state index in [4.69, 9.17) is 11.6 Å². The van der Waals surface area contributed by atoms with E-state index in [1.165, 1.54) is 12.0 Å². The fraction of sp³-hybridized carbons (Fsp3) is 0.350. The number of nitrogens with one attached hydrogen (secondary N) is 1. The summed E-state index contributed by atoms with van der Waals surface area (Å²) in [5, 5.41) is 3.57. The van der Waals surface area contributed by atoms with Crippen LogP contribution in [-0.4, -0.2) is 27.5 Å². The minimum atomic E-state index is 0.755. The number of hydrogen-bond donors (Lipinski definition) is 1. The SMILES string of the molecule is C#[N+]CCCCCCNc1c(-c2cccnc2)nc2cc(C)ccn12. The van der Waals surface area contributed by atoms with Crippen LogP contribution in [0.5, 0.6) is 0 Å². The first-order valence-electron chi connectivity index (χ1n) is 8.79. The van der Waals surface area contributed by atoms with E-state index >= 15 is 0 Å². The van der Waals surface area contributed by atoms with Crippen molar-refractivity contribution in [1.29, 1.82) is 0 Å². The van der Waals surface area contributed by atoms with Crippen molar-refractivity contribution in [1.82, 2.24) is 14.4 Å².